The SMILES string of the molecule is C=C/C=C\c1c(C)[c-]nn1C1CCC(=O)NC1=O.CC.CC.[Re]. The number of imide groups is 1. The molecule has 2 heterocycles. The van der Waals surface area contributed by atoms with E-state index in [-0.39, 0.29) is 32.2 Å². The zero-order valence-corrected chi connectivity index (χ0v) is 17.2. The van der Waals surface area contributed by atoms with Gasteiger partial charge in [0.1, 0.15) is 6.04 Å². The molecule has 23 heavy (non-hydrogen) atoms. The number of aryl methyl sites for hydroxylation is 1. The Morgan fingerprint density at radius 3 is 2.43 bits per heavy atom. The fraction of sp³-hybridized carbons (Fsp3) is 0.471. The van der Waals surface area contributed by atoms with Crippen molar-refractivity contribution in [1.29, 1.82) is 0 Å². The molecule has 1 aromatic heterocycles. The Hall–Kier alpha value is -1.51. The number of nitrogens with one attached hydrogen (secondary N) is 1. The second kappa shape index (κ2) is 13.0. The first-order valence-corrected chi connectivity index (χ1v) is 7.73. The van der Waals surface area contributed by atoms with Crippen molar-refractivity contribution in [1.82, 2.24) is 15.1 Å². The molecule has 0 saturated carbocycles. The Labute approximate surface area is 152 Å². The summed E-state index contributed by atoms with van der Waals surface area (Å²) in [5.41, 5.74) is 1.67. The number of piperidine rings is 1. The van der Waals surface area contributed by atoms with Crippen molar-refractivity contribution in [3.63, 3.8) is 0 Å². The van der Waals surface area contributed by atoms with Crippen molar-refractivity contribution in [2.24, 2.45) is 0 Å². The summed E-state index contributed by atoms with van der Waals surface area (Å²) < 4.78 is 1.61. The largest absolute Gasteiger partial charge is 0.349 e. The molecule has 0 aliphatic carbocycles. The number of hydrogen-bond acceptors (Lipinski definition) is 3. The molecule has 129 valence electrons. The second-order valence-corrected chi connectivity index (χ2v) is 4.13. The van der Waals surface area contributed by atoms with E-state index in [2.05, 4.69) is 23.2 Å². The van der Waals surface area contributed by atoms with Gasteiger partial charge in [0, 0.05) is 26.8 Å². The van der Waals surface area contributed by atoms with Gasteiger partial charge in [0.25, 0.3) is 0 Å². The van der Waals surface area contributed by atoms with Crippen LogP contribution in [0.2, 0.25) is 0 Å². The van der Waals surface area contributed by atoms with Crippen LogP contribution in [0.3, 0.4) is 0 Å². The van der Waals surface area contributed by atoms with Crippen LogP contribution >= 0.6 is 0 Å². The summed E-state index contributed by atoms with van der Waals surface area (Å²) in [6.45, 7) is 13.5. The molecule has 1 aliphatic heterocycles. The third-order valence-corrected chi connectivity index (χ3v) is 2.85. The molecule has 1 radical (unpaired) electrons. The maximum absolute atomic E-state index is 11.8. The molecule has 1 unspecified atom stereocenters. The third kappa shape index (κ3) is 6.64. The summed E-state index contributed by atoms with van der Waals surface area (Å²) in [5, 5.41) is 6.43. The van der Waals surface area contributed by atoms with E-state index in [0.29, 0.717) is 12.8 Å². The van der Waals surface area contributed by atoms with E-state index < -0.39 is 6.04 Å². The summed E-state index contributed by atoms with van der Waals surface area (Å²) in [6, 6.07) is -0.447. The fourth-order valence-corrected chi connectivity index (χ4v) is 1.93. The van der Waals surface area contributed by atoms with Gasteiger partial charge in [-0.05, 0) is 6.42 Å². The van der Waals surface area contributed by atoms with Crippen LogP contribution in [0.4, 0.5) is 0 Å². The van der Waals surface area contributed by atoms with Gasteiger partial charge in [0.05, 0.1) is 0 Å². The molecule has 0 aromatic carbocycles. The first-order valence-electron chi connectivity index (χ1n) is 7.73. The molecule has 5 nitrogen and oxygen atoms in total. The minimum absolute atomic E-state index is 0. The molecule has 1 N–H and O–H groups in total. The zero-order chi connectivity index (χ0) is 17.1. The van der Waals surface area contributed by atoms with Crippen molar-refractivity contribution in [2.45, 2.75) is 53.5 Å². The summed E-state index contributed by atoms with van der Waals surface area (Å²) in [6.07, 6.45) is 8.90. The Morgan fingerprint density at radius 1 is 1.30 bits per heavy atom. The first kappa shape index (κ1) is 23.8. The van der Waals surface area contributed by atoms with Crippen LogP contribution in [0.15, 0.2) is 18.7 Å². The van der Waals surface area contributed by atoms with Crippen LogP contribution in [0.5, 0.6) is 0 Å². The van der Waals surface area contributed by atoms with Gasteiger partial charge >= 0.3 is 0 Å². The van der Waals surface area contributed by atoms with Gasteiger partial charge in [-0.1, -0.05) is 59.0 Å². The normalized spacial score (nSPS) is 16.3. The number of aromatic nitrogens is 2. The van der Waals surface area contributed by atoms with E-state index in [4.69, 9.17) is 0 Å². The predicted molar refractivity (Wildman–Crippen MR) is 89.1 cm³/mol. The maximum atomic E-state index is 11.8. The monoisotopic (exact) mass is 491 g/mol. The Kier molecular flexibility index (Phi) is 13.4. The number of hydrogen-bond donors (Lipinski definition) is 1. The van der Waals surface area contributed by atoms with E-state index in [9.17, 15) is 9.59 Å². The number of rotatable bonds is 3. The van der Waals surface area contributed by atoms with Gasteiger partial charge in [-0.15, -0.1) is 12.3 Å². The molecule has 1 aromatic rings. The molecular weight excluding hydrogens is 464 g/mol. The van der Waals surface area contributed by atoms with Gasteiger partial charge in [-0.3, -0.25) is 14.9 Å². The van der Waals surface area contributed by atoms with Crippen LogP contribution in [0, 0.1) is 13.1 Å². The number of amides is 2. The van der Waals surface area contributed by atoms with Gasteiger partial charge < -0.3 is 9.78 Å². The smallest absolute Gasteiger partial charge is 0.249 e. The Balaban J connectivity index is 0. The van der Waals surface area contributed by atoms with Crippen molar-refractivity contribution < 1.29 is 30.0 Å². The zero-order valence-electron chi connectivity index (χ0n) is 14.5. The topological polar surface area (TPSA) is 64.0 Å². The van der Waals surface area contributed by atoms with E-state index >= 15 is 0 Å². The molecule has 2 rings (SSSR count). The van der Waals surface area contributed by atoms with Crippen molar-refractivity contribution >= 4 is 17.9 Å². The van der Waals surface area contributed by atoms with E-state index in [1.165, 1.54) is 0 Å². The standard InChI is InChI=1S/C13H14N3O2.2C2H6.Re/c1-3-4-5-10-9(2)8-14-16(10)11-6-7-12(17)15-13(11)18;2*1-2;/h3-5,11H,1,6-7H2,2H3,(H,15,17,18);2*1-2H3;/q-1;;;/b5-4-;;;. The number of allylic oxidation sites excluding steroid dienone is 2. The van der Waals surface area contributed by atoms with Crippen molar-refractivity contribution in [2.75, 3.05) is 0 Å². The third-order valence-electron chi connectivity index (χ3n) is 2.85. The van der Waals surface area contributed by atoms with Crippen LogP contribution in [0.25, 0.3) is 6.08 Å². The molecule has 2 amide bonds. The molecule has 1 saturated heterocycles. The molecular formula is C17H26N3O2Re-. The molecule has 0 bridgehead atoms. The summed E-state index contributed by atoms with van der Waals surface area (Å²) in [4.78, 5) is 22.9. The Bertz CT molecular complexity index is 536. The summed E-state index contributed by atoms with van der Waals surface area (Å²) >= 11 is 0. The van der Waals surface area contributed by atoms with Crippen LogP contribution in [0.1, 0.15) is 57.8 Å². The maximum Gasteiger partial charge on any atom is 0.249 e. The molecule has 0 spiro atoms. The minimum Gasteiger partial charge on any atom is -0.349 e. The molecule has 6 heteroatoms. The van der Waals surface area contributed by atoms with E-state index in [0.717, 1.165) is 11.3 Å². The average molecular weight is 491 g/mol. The minimum atomic E-state index is -0.447. The second-order valence-electron chi connectivity index (χ2n) is 4.13. The van der Waals surface area contributed by atoms with Crippen LogP contribution < -0.4 is 5.32 Å². The van der Waals surface area contributed by atoms with Crippen LogP contribution in [-0.4, -0.2) is 21.6 Å². The van der Waals surface area contributed by atoms with Crippen molar-refractivity contribution in [3.05, 3.63) is 36.2 Å². The number of nitrogens with zero attached hydrogens (tertiary/aromatic N) is 2. The van der Waals surface area contributed by atoms with Gasteiger partial charge in [-0.25, -0.2) is 0 Å². The van der Waals surface area contributed by atoms with Crippen molar-refractivity contribution in [3.8, 4) is 0 Å². The summed E-state index contributed by atoms with van der Waals surface area (Å²) in [7, 11) is 0. The molecule has 1 fully saturated rings. The predicted octanol–water partition coefficient (Wildman–Crippen LogP) is 3.22. The van der Waals surface area contributed by atoms with Gasteiger partial charge in [0.15, 0.2) is 0 Å². The quantitative estimate of drug-likeness (QED) is 0.402. The van der Waals surface area contributed by atoms with Gasteiger partial charge in [0.2, 0.25) is 11.8 Å². The van der Waals surface area contributed by atoms with Gasteiger partial charge in [-0.2, -0.15) is 5.56 Å². The fourth-order valence-electron chi connectivity index (χ4n) is 1.93. The average Bonchev–Trinajstić information content (AvgIpc) is 2.90. The van der Waals surface area contributed by atoms with E-state index in [1.54, 1.807) is 16.8 Å². The molecule has 1 atom stereocenters. The Morgan fingerprint density at radius 2 is 1.91 bits per heavy atom. The van der Waals surface area contributed by atoms with E-state index in [1.807, 2.05) is 40.7 Å². The number of carbonyl (C=O) groups is 2. The summed E-state index contributed by atoms with van der Waals surface area (Å²) in [5.74, 6) is -0.539. The molecule has 1 aliphatic rings. The van der Waals surface area contributed by atoms with Crippen LogP contribution in [-0.2, 0) is 30.0 Å². The number of carbonyl (C=O) groups excluding carboxylic acids is 2. The first-order chi connectivity index (χ1) is 10.6.